The Morgan fingerprint density at radius 3 is 2.43 bits per heavy atom. The van der Waals surface area contributed by atoms with Gasteiger partial charge in [-0.05, 0) is 24.1 Å². The average Bonchev–Trinajstić information content (AvgIpc) is 2.24. The predicted octanol–water partition coefficient (Wildman–Crippen LogP) is -0.328. The van der Waals surface area contributed by atoms with Gasteiger partial charge in [-0.25, -0.2) is 4.39 Å². The van der Waals surface area contributed by atoms with E-state index in [4.69, 9.17) is 5.11 Å². The minimum Gasteiger partial charge on any atom is -1.00 e. The molecule has 0 spiro atoms. The van der Waals surface area contributed by atoms with Crippen molar-refractivity contribution in [2.45, 2.75) is 18.8 Å². The van der Waals surface area contributed by atoms with E-state index < -0.39 is 29.9 Å². The smallest absolute Gasteiger partial charge is 1.00 e. The maximum Gasteiger partial charge on any atom is 1.00 e. The first kappa shape index (κ1) is 17.8. The minimum atomic E-state index is -5.03. The van der Waals surface area contributed by atoms with Crippen molar-refractivity contribution in [3.63, 3.8) is 0 Å². The van der Waals surface area contributed by atoms with Crippen molar-refractivity contribution < 1.29 is 52.5 Å². The minimum absolute atomic E-state index is 0. The summed E-state index contributed by atoms with van der Waals surface area (Å²) in [6.07, 6.45) is -4.22. The summed E-state index contributed by atoms with van der Waals surface area (Å²) in [5, 5.41) is 9.16. The van der Waals surface area contributed by atoms with Gasteiger partial charge in [0.1, 0.15) is 6.04 Å². The molecule has 0 radical (unpaired) electrons. The zero-order valence-corrected chi connectivity index (χ0v) is 11.2. The van der Waals surface area contributed by atoms with Crippen molar-refractivity contribution in [3.8, 4) is 5.75 Å². The number of hydrogen-bond donors (Lipinski definition) is 1. The summed E-state index contributed by atoms with van der Waals surface area (Å²) in [6, 6.07) is 1.60. The molecule has 1 fully saturated rings. The SMILES string of the molecule is O=C(O)C(c1ccc(F)c(OC(F)(F)F)c1)N1CCC1.[H-].[Li+]. The van der Waals surface area contributed by atoms with Crippen molar-refractivity contribution in [3.05, 3.63) is 29.6 Å². The molecule has 1 unspecified atom stereocenters. The second kappa shape index (κ2) is 6.69. The second-order valence-electron chi connectivity index (χ2n) is 4.37. The fourth-order valence-corrected chi connectivity index (χ4v) is 2.00. The van der Waals surface area contributed by atoms with Gasteiger partial charge in [0, 0.05) is 13.1 Å². The summed E-state index contributed by atoms with van der Waals surface area (Å²) in [6.45, 7) is 1.06. The number of aliphatic carboxylic acids is 1. The van der Waals surface area contributed by atoms with Crippen molar-refractivity contribution >= 4 is 5.97 Å². The van der Waals surface area contributed by atoms with Crippen LogP contribution in [0, 0.1) is 5.82 Å². The fraction of sp³-hybridized carbons (Fsp3) is 0.417. The molecule has 0 aromatic heterocycles. The third-order valence-electron chi connectivity index (χ3n) is 2.99. The Balaban J connectivity index is 0.00000220. The summed E-state index contributed by atoms with van der Waals surface area (Å²) >= 11 is 0. The molecule has 0 aliphatic carbocycles. The normalized spacial score (nSPS) is 16.6. The third-order valence-corrected chi connectivity index (χ3v) is 2.99. The third kappa shape index (κ3) is 4.37. The standard InChI is InChI=1S/C12H11F4NO3.Li.H/c13-8-3-2-7(6-9(8)20-12(14,15)16)10(11(18)19)17-4-1-5-17;;/h2-3,6,10H,1,4-5H2,(H,18,19);;/q;+1;-1. The molecular weight excluding hydrogens is 289 g/mol. The molecule has 1 aromatic rings. The van der Waals surface area contributed by atoms with Crippen LogP contribution < -0.4 is 23.6 Å². The van der Waals surface area contributed by atoms with Crippen LogP contribution in [-0.2, 0) is 4.79 Å². The Kier molecular flexibility index (Phi) is 5.67. The molecule has 21 heavy (non-hydrogen) atoms. The summed E-state index contributed by atoms with van der Waals surface area (Å²) < 4.78 is 53.2. The van der Waals surface area contributed by atoms with Gasteiger partial charge in [-0.1, -0.05) is 6.07 Å². The second-order valence-corrected chi connectivity index (χ2v) is 4.37. The van der Waals surface area contributed by atoms with E-state index in [0.29, 0.717) is 13.1 Å². The number of rotatable bonds is 4. The predicted molar refractivity (Wildman–Crippen MR) is 60.8 cm³/mol. The van der Waals surface area contributed by atoms with Crippen LogP contribution in [0.2, 0.25) is 0 Å². The van der Waals surface area contributed by atoms with E-state index in [-0.39, 0.29) is 25.9 Å². The Morgan fingerprint density at radius 1 is 1.38 bits per heavy atom. The van der Waals surface area contributed by atoms with E-state index in [0.717, 1.165) is 24.6 Å². The van der Waals surface area contributed by atoms with Gasteiger partial charge in [-0.15, -0.1) is 13.2 Å². The van der Waals surface area contributed by atoms with Crippen molar-refractivity contribution in [2.24, 2.45) is 0 Å². The molecule has 0 saturated carbocycles. The topological polar surface area (TPSA) is 49.8 Å². The van der Waals surface area contributed by atoms with Crippen molar-refractivity contribution in [2.75, 3.05) is 13.1 Å². The molecule has 1 saturated heterocycles. The summed E-state index contributed by atoms with van der Waals surface area (Å²) in [4.78, 5) is 12.8. The van der Waals surface area contributed by atoms with E-state index in [1.807, 2.05) is 0 Å². The molecule has 1 N–H and O–H groups in total. The van der Waals surface area contributed by atoms with E-state index in [9.17, 15) is 22.4 Å². The number of hydrogen-bond acceptors (Lipinski definition) is 3. The van der Waals surface area contributed by atoms with E-state index in [1.165, 1.54) is 0 Å². The fourth-order valence-electron chi connectivity index (χ4n) is 2.00. The van der Waals surface area contributed by atoms with Gasteiger partial charge < -0.3 is 11.3 Å². The number of alkyl halides is 3. The Hall–Kier alpha value is -1.23. The molecule has 9 heteroatoms. The van der Waals surface area contributed by atoms with Gasteiger partial charge in [0.25, 0.3) is 0 Å². The number of benzene rings is 1. The first-order valence-corrected chi connectivity index (χ1v) is 5.80. The molecule has 112 valence electrons. The van der Waals surface area contributed by atoms with Gasteiger partial charge in [-0.2, -0.15) is 0 Å². The number of likely N-dealkylation sites (tertiary alicyclic amines) is 1. The van der Waals surface area contributed by atoms with E-state index in [1.54, 1.807) is 4.90 Å². The molecule has 4 nitrogen and oxygen atoms in total. The van der Waals surface area contributed by atoms with Crippen LogP contribution in [0.1, 0.15) is 19.5 Å². The molecule has 1 aliphatic heterocycles. The van der Waals surface area contributed by atoms with Gasteiger partial charge in [-0.3, -0.25) is 9.69 Å². The van der Waals surface area contributed by atoms with Gasteiger partial charge in [0.15, 0.2) is 11.6 Å². The first-order chi connectivity index (χ1) is 9.28. The van der Waals surface area contributed by atoms with Crippen LogP contribution >= 0.6 is 0 Å². The van der Waals surface area contributed by atoms with Crippen LogP contribution in [0.25, 0.3) is 0 Å². The van der Waals surface area contributed by atoms with Gasteiger partial charge in [0.2, 0.25) is 0 Å². The number of carboxylic acids is 1. The number of ether oxygens (including phenoxy) is 1. The molecule has 0 bridgehead atoms. The molecular formula is C12H12F4LiNO3. The Morgan fingerprint density at radius 2 is 2.00 bits per heavy atom. The Bertz CT molecular complexity index is 526. The maximum absolute atomic E-state index is 13.3. The number of carboxylic acid groups (broad SMARTS) is 1. The number of carbonyl (C=O) groups is 1. The van der Waals surface area contributed by atoms with Crippen molar-refractivity contribution in [1.29, 1.82) is 0 Å². The van der Waals surface area contributed by atoms with Crippen LogP contribution in [0.5, 0.6) is 5.75 Å². The summed E-state index contributed by atoms with van der Waals surface area (Å²) in [7, 11) is 0. The maximum atomic E-state index is 13.3. The molecule has 1 aromatic carbocycles. The zero-order valence-electron chi connectivity index (χ0n) is 12.2. The first-order valence-electron chi connectivity index (χ1n) is 5.80. The van der Waals surface area contributed by atoms with Crippen LogP contribution in [-0.4, -0.2) is 35.4 Å². The number of nitrogens with zero attached hydrogens (tertiary/aromatic N) is 1. The molecule has 1 heterocycles. The zero-order chi connectivity index (χ0) is 14.9. The van der Waals surface area contributed by atoms with Crippen molar-refractivity contribution in [1.82, 2.24) is 4.90 Å². The Labute approximate surface area is 131 Å². The molecule has 1 atom stereocenters. The largest absolute Gasteiger partial charge is 1.00 e. The molecule has 0 amide bonds. The summed E-state index contributed by atoms with van der Waals surface area (Å²) in [5.41, 5.74) is 0.0536. The van der Waals surface area contributed by atoms with Gasteiger partial charge in [0.05, 0.1) is 0 Å². The number of halogens is 4. The summed E-state index contributed by atoms with van der Waals surface area (Å²) in [5.74, 6) is -3.42. The van der Waals surface area contributed by atoms with E-state index >= 15 is 0 Å². The van der Waals surface area contributed by atoms with Gasteiger partial charge >= 0.3 is 31.2 Å². The average molecular weight is 301 g/mol. The van der Waals surface area contributed by atoms with Crippen LogP contribution in [0.15, 0.2) is 18.2 Å². The van der Waals surface area contributed by atoms with Crippen LogP contribution in [0.3, 0.4) is 0 Å². The quantitative estimate of drug-likeness (QED) is 0.611. The van der Waals surface area contributed by atoms with Crippen LogP contribution in [0.4, 0.5) is 17.6 Å². The van der Waals surface area contributed by atoms with E-state index in [2.05, 4.69) is 4.74 Å². The monoisotopic (exact) mass is 301 g/mol. The molecule has 1 aliphatic rings. The molecule has 2 rings (SSSR count).